The molecule has 0 fully saturated rings. The topological polar surface area (TPSA) is 79.0 Å². The SMILES string of the molecule is COc1ccc(S(=O)(=O)Nc2ccc(N(C)C)c(CN(C(=O)C(C)(C)C)C(C)c3ccccc3)c2)cc1. The van der Waals surface area contributed by atoms with Gasteiger partial charge in [-0.05, 0) is 60.5 Å². The molecular formula is C29H37N3O4S. The molecule has 0 saturated heterocycles. The van der Waals surface area contributed by atoms with E-state index >= 15 is 0 Å². The van der Waals surface area contributed by atoms with Crippen LogP contribution in [-0.4, -0.2) is 40.4 Å². The van der Waals surface area contributed by atoms with E-state index < -0.39 is 15.4 Å². The van der Waals surface area contributed by atoms with Crippen molar-refractivity contribution in [3.8, 4) is 5.75 Å². The summed E-state index contributed by atoms with van der Waals surface area (Å²) in [4.78, 5) is 17.6. The number of carbonyl (C=O) groups excluding carboxylic acids is 1. The van der Waals surface area contributed by atoms with E-state index in [4.69, 9.17) is 4.74 Å². The van der Waals surface area contributed by atoms with E-state index in [0.29, 0.717) is 18.0 Å². The van der Waals surface area contributed by atoms with Crippen molar-refractivity contribution in [1.82, 2.24) is 4.90 Å². The minimum Gasteiger partial charge on any atom is -0.497 e. The first-order valence-corrected chi connectivity index (χ1v) is 13.6. The van der Waals surface area contributed by atoms with Crippen molar-refractivity contribution in [2.75, 3.05) is 30.8 Å². The normalized spacial score (nSPS) is 12.5. The molecule has 0 aromatic heterocycles. The number of nitrogens with one attached hydrogen (secondary N) is 1. The Hall–Kier alpha value is -3.52. The fourth-order valence-corrected chi connectivity index (χ4v) is 5.14. The maximum Gasteiger partial charge on any atom is 0.261 e. The van der Waals surface area contributed by atoms with Gasteiger partial charge < -0.3 is 14.5 Å². The monoisotopic (exact) mass is 523 g/mol. The number of methoxy groups -OCH3 is 1. The van der Waals surface area contributed by atoms with Crippen molar-refractivity contribution in [2.24, 2.45) is 5.41 Å². The van der Waals surface area contributed by atoms with Crippen molar-refractivity contribution in [1.29, 1.82) is 0 Å². The third-order valence-corrected chi connectivity index (χ3v) is 7.57. The van der Waals surface area contributed by atoms with Gasteiger partial charge in [0, 0.05) is 37.4 Å². The zero-order valence-corrected chi connectivity index (χ0v) is 23.5. The molecule has 0 heterocycles. The van der Waals surface area contributed by atoms with Crippen molar-refractivity contribution >= 4 is 27.3 Å². The number of amides is 1. The van der Waals surface area contributed by atoms with Crippen molar-refractivity contribution < 1.29 is 17.9 Å². The van der Waals surface area contributed by atoms with E-state index in [2.05, 4.69) is 4.72 Å². The molecule has 0 bridgehead atoms. The van der Waals surface area contributed by atoms with Gasteiger partial charge in [-0.1, -0.05) is 51.1 Å². The van der Waals surface area contributed by atoms with Gasteiger partial charge in [-0.15, -0.1) is 0 Å². The van der Waals surface area contributed by atoms with Gasteiger partial charge in [-0.2, -0.15) is 0 Å². The molecule has 37 heavy (non-hydrogen) atoms. The first kappa shape index (κ1) is 28.1. The Kier molecular flexibility index (Phi) is 8.53. The lowest BCUT2D eigenvalue weighted by molar-refractivity contribution is -0.142. The fraction of sp³-hybridized carbons (Fsp3) is 0.345. The summed E-state index contributed by atoms with van der Waals surface area (Å²) in [5, 5.41) is 0. The highest BCUT2D eigenvalue weighted by Gasteiger charge is 2.31. The van der Waals surface area contributed by atoms with E-state index in [1.807, 2.05) is 88.0 Å². The third kappa shape index (κ3) is 6.83. The number of hydrogen-bond donors (Lipinski definition) is 1. The molecule has 0 spiro atoms. The maximum absolute atomic E-state index is 13.6. The van der Waals surface area contributed by atoms with Crippen molar-refractivity contribution in [3.05, 3.63) is 83.9 Å². The predicted octanol–water partition coefficient (Wildman–Crippen LogP) is 5.70. The molecule has 3 aromatic rings. The van der Waals surface area contributed by atoms with Crippen LogP contribution in [0.4, 0.5) is 11.4 Å². The molecule has 0 saturated carbocycles. The van der Waals surface area contributed by atoms with E-state index in [0.717, 1.165) is 16.8 Å². The smallest absolute Gasteiger partial charge is 0.261 e. The summed E-state index contributed by atoms with van der Waals surface area (Å²) in [6, 6.07) is 21.4. The summed E-state index contributed by atoms with van der Waals surface area (Å²) in [6.45, 7) is 8.06. The molecule has 198 valence electrons. The first-order valence-electron chi connectivity index (χ1n) is 12.2. The molecule has 3 aromatic carbocycles. The highest BCUT2D eigenvalue weighted by atomic mass is 32.2. The van der Waals surface area contributed by atoms with Crippen LogP contribution in [0.15, 0.2) is 77.7 Å². The number of carbonyl (C=O) groups is 1. The largest absolute Gasteiger partial charge is 0.497 e. The molecule has 0 aliphatic rings. The van der Waals surface area contributed by atoms with Gasteiger partial charge in [-0.3, -0.25) is 9.52 Å². The molecule has 1 unspecified atom stereocenters. The standard InChI is InChI=1S/C29H37N3O4S/c1-21(22-11-9-8-10-12-22)32(28(33)29(2,3)4)20-23-19-24(13-18-27(23)31(5)6)30-37(34,35)26-16-14-25(36-7)15-17-26/h8-19,21,30H,20H2,1-7H3. The molecule has 0 aliphatic carbocycles. The molecule has 7 nitrogen and oxygen atoms in total. The average molecular weight is 524 g/mol. The van der Waals surface area contributed by atoms with Crippen LogP contribution in [0.2, 0.25) is 0 Å². The molecule has 8 heteroatoms. The average Bonchev–Trinajstić information content (AvgIpc) is 2.86. The van der Waals surface area contributed by atoms with Gasteiger partial charge in [-0.25, -0.2) is 8.42 Å². The molecule has 1 amide bonds. The van der Waals surface area contributed by atoms with E-state index in [9.17, 15) is 13.2 Å². The predicted molar refractivity (Wildman–Crippen MR) is 149 cm³/mol. The molecule has 3 rings (SSSR count). The number of ether oxygens (including phenoxy) is 1. The Labute approximate surface area is 221 Å². The lowest BCUT2D eigenvalue weighted by atomic mass is 9.92. The number of hydrogen-bond acceptors (Lipinski definition) is 5. The molecule has 0 aliphatic heterocycles. The minimum atomic E-state index is -3.82. The summed E-state index contributed by atoms with van der Waals surface area (Å²) in [5.74, 6) is 0.588. The number of anilines is 2. The van der Waals surface area contributed by atoms with E-state index in [1.165, 1.54) is 19.2 Å². The lowest BCUT2D eigenvalue weighted by Crippen LogP contribution is -2.40. The Morgan fingerprint density at radius 3 is 2.14 bits per heavy atom. The molecule has 1 atom stereocenters. The van der Waals surface area contributed by atoms with Crippen LogP contribution in [0.1, 0.15) is 44.9 Å². The van der Waals surface area contributed by atoms with Crippen LogP contribution < -0.4 is 14.4 Å². The quantitative estimate of drug-likeness (QED) is 0.389. The summed E-state index contributed by atoms with van der Waals surface area (Å²) in [6.07, 6.45) is 0. The molecule has 0 radical (unpaired) electrons. The van der Waals surface area contributed by atoms with Crippen LogP contribution in [0, 0.1) is 5.41 Å². The summed E-state index contributed by atoms with van der Waals surface area (Å²) < 4.78 is 33.9. The Bertz CT molecular complexity index is 1320. The lowest BCUT2D eigenvalue weighted by Gasteiger charge is -2.35. The Morgan fingerprint density at radius 2 is 1.59 bits per heavy atom. The van der Waals surface area contributed by atoms with Gasteiger partial charge in [0.05, 0.1) is 18.0 Å². The molecule has 1 N–H and O–H groups in total. The molecular weight excluding hydrogens is 486 g/mol. The summed E-state index contributed by atoms with van der Waals surface area (Å²) >= 11 is 0. The minimum absolute atomic E-state index is 0.0118. The van der Waals surface area contributed by atoms with Crippen LogP contribution >= 0.6 is 0 Å². The van der Waals surface area contributed by atoms with Gasteiger partial charge in [0.1, 0.15) is 5.75 Å². The van der Waals surface area contributed by atoms with E-state index in [-0.39, 0.29) is 16.8 Å². The number of nitrogens with zero attached hydrogens (tertiary/aromatic N) is 2. The first-order chi connectivity index (χ1) is 17.3. The van der Waals surface area contributed by atoms with Crippen molar-refractivity contribution in [2.45, 2.75) is 45.2 Å². The summed E-state index contributed by atoms with van der Waals surface area (Å²) in [7, 11) is 1.57. The van der Waals surface area contributed by atoms with Crippen molar-refractivity contribution in [3.63, 3.8) is 0 Å². The van der Waals surface area contributed by atoms with Gasteiger partial charge >= 0.3 is 0 Å². The summed E-state index contributed by atoms with van der Waals surface area (Å²) in [5.41, 5.74) is 2.60. The van der Waals surface area contributed by atoms with Crippen LogP contribution in [-0.2, 0) is 21.4 Å². The van der Waals surface area contributed by atoms with Gasteiger partial charge in [0.2, 0.25) is 5.91 Å². The van der Waals surface area contributed by atoms with Crippen LogP contribution in [0.25, 0.3) is 0 Å². The van der Waals surface area contributed by atoms with E-state index in [1.54, 1.807) is 24.3 Å². The Balaban J connectivity index is 2.00. The zero-order valence-electron chi connectivity index (χ0n) is 22.6. The number of sulfonamides is 1. The fourth-order valence-electron chi connectivity index (χ4n) is 4.09. The van der Waals surface area contributed by atoms with Crippen LogP contribution in [0.5, 0.6) is 5.75 Å². The third-order valence-electron chi connectivity index (χ3n) is 6.18. The van der Waals surface area contributed by atoms with Gasteiger partial charge in [0.15, 0.2) is 0 Å². The highest BCUT2D eigenvalue weighted by Crippen LogP contribution is 2.32. The second-order valence-electron chi connectivity index (χ2n) is 10.3. The zero-order chi connectivity index (χ0) is 27.4. The maximum atomic E-state index is 13.6. The van der Waals surface area contributed by atoms with Crippen LogP contribution in [0.3, 0.4) is 0 Å². The second kappa shape index (κ2) is 11.3. The second-order valence-corrected chi connectivity index (χ2v) is 12.0. The Morgan fingerprint density at radius 1 is 0.973 bits per heavy atom. The highest BCUT2D eigenvalue weighted by molar-refractivity contribution is 7.92. The van der Waals surface area contributed by atoms with Gasteiger partial charge in [0.25, 0.3) is 10.0 Å². The number of benzene rings is 3. The number of rotatable bonds is 9.